The van der Waals surface area contributed by atoms with E-state index in [2.05, 4.69) is 5.32 Å². The van der Waals surface area contributed by atoms with E-state index < -0.39 is 0 Å². The number of likely N-dealkylation sites (N-methyl/N-ethyl adjacent to an activating group) is 1. The lowest BCUT2D eigenvalue weighted by Gasteiger charge is -2.08. The van der Waals surface area contributed by atoms with Gasteiger partial charge in [0.05, 0.1) is 19.1 Å². The molecule has 0 heterocycles. The molecule has 0 aliphatic carbocycles. The van der Waals surface area contributed by atoms with Crippen molar-refractivity contribution in [2.45, 2.75) is 39.9 Å². The first-order valence-corrected chi connectivity index (χ1v) is 6.08. The monoisotopic (exact) mass is 235 g/mol. The molecular formula is C14H21NO2. The highest BCUT2D eigenvalue weighted by atomic mass is 16.5. The van der Waals surface area contributed by atoms with Gasteiger partial charge in [-0.15, -0.1) is 0 Å². The number of carbonyl (C=O) groups excluding carboxylic acids is 1. The summed E-state index contributed by atoms with van der Waals surface area (Å²) in [5.41, 5.74) is 2.17. The van der Waals surface area contributed by atoms with Crippen molar-refractivity contribution in [3.63, 3.8) is 0 Å². The van der Waals surface area contributed by atoms with Gasteiger partial charge < -0.3 is 10.1 Å². The Kier molecular flexibility index (Phi) is 5.70. The van der Waals surface area contributed by atoms with E-state index in [1.807, 2.05) is 45.0 Å². The largest absolute Gasteiger partial charge is 0.374 e. The van der Waals surface area contributed by atoms with Crippen LogP contribution in [0.5, 0.6) is 0 Å². The second kappa shape index (κ2) is 7.07. The van der Waals surface area contributed by atoms with Crippen LogP contribution in [0.3, 0.4) is 0 Å². The van der Waals surface area contributed by atoms with Crippen LogP contribution in [0.25, 0.3) is 0 Å². The van der Waals surface area contributed by atoms with Gasteiger partial charge in [-0.3, -0.25) is 4.79 Å². The fourth-order valence-corrected chi connectivity index (χ4v) is 1.46. The summed E-state index contributed by atoms with van der Waals surface area (Å²) < 4.78 is 5.51. The summed E-state index contributed by atoms with van der Waals surface area (Å²) in [6, 6.07) is 7.98. The number of rotatable bonds is 6. The summed E-state index contributed by atoms with van der Waals surface area (Å²) in [7, 11) is 0. The Labute approximate surface area is 103 Å². The molecule has 0 saturated carbocycles. The smallest absolute Gasteiger partial charge is 0.224 e. The van der Waals surface area contributed by atoms with E-state index in [-0.39, 0.29) is 12.0 Å². The topological polar surface area (TPSA) is 38.3 Å². The maximum absolute atomic E-state index is 11.4. The van der Waals surface area contributed by atoms with Crippen LogP contribution in [0, 0.1) is 0 Å². The van der Waals surface area contributed by atoms with Gasteiger partial charge >= 0.3 is 0 Å². The zero-order valence-corrected chi connectivity index (χ0v) is 10.8. The summed E-state index contributed by atoms with van der Waals surface area (Å²) in [6.07, 6.45) is 0.684. The molecule has 0 spiro atoms. The van der Waals surface area contributed by atoms with E-state index in [0.29, 0.717) is 19.6 Å². The maximum Gasteiger partial charge on any atom is 0.224 e. The number of ether oxygens (including phenoxy) is 1. The molecule has 0 fully saturated rings. The van der Waals surface area contributed by atoms with Gasteiger partial charge in [-0.05, 0) is 31.9 Å². The molecule has 1 aromatic rings. The van der Waals surface area contributed by atoms with Crippen LogP contribution in [-0.2, 0) is 22.6 Å². The molecule has 0 unspecified atom stereocenters. The van der Waals surface area contributed by atoms with E-state index in [1.54, 1.807) is 0 Å². The summed E-state index contributed by atoms with van der Waals surface area (Å²) in [6.45, 7) is 7.26. The van der Waals surface area contributed by atoms with Crippen molar-refractivity contribution in [1.29, 1.82) is 0 Å². The quantitative estimate of drug-likeness (QED) is 0.821. The van der Waals surface area contributed by atoms with Gasteiger partial charge in [0.2, 0.25) is 5.91 Å². The molecule has 0 aliphatic heterocycles. The third-order valence-electron chi connectivity index (χ3n) is 2.34. The highest BCUT2D eigenvalue weighted by Crippen LogP contribution is 2.07. The normalized spacial score (nSPS) is 10.6. The zero-order valence-electron chi connectivity index (χ0n) is 10.8. The fourth-order valence-electron chi connectivity index (χ4n) is 1.46. The van der Waals surface area contributed by atoms with Crippen LogP contribution in [-0.4, -0.2) is 18.6 Å². The molecule has 17 heavy (non-hydrogen) atoms. The summed E-state index contributed by atoms with van der Waals surface area (Å²) in [4.78, 5) is 11.4. The molecule has 0 bridgehead atoms. The number of hydrogen-bond acceptors (Lipinski definition) is 2. The van der Waals surface area contributed by atoms with Gasteiger partial charge in [0.15, 0.2) is 0 Å². The third kappa shape index (κ3) is 5.50. The van der Waals surface area contributed by atoms with Crippen LogP contribution < -0.4 is 5.32 Å². The standard InChI is InChI=1S/C14H21NO2/c1-4-15-14(16)9-12-5-7-13(8-6-12)10-17-11(2)3/h5-8,11H,4,9-10H2,1-3H3,(H,15,16). The van der Waals surface area contributed by atoms with Crippen LogP contribution in [0.4, 0.5) is 0 Å². The molecule has 0 saturated heterocycles. The van der Waals surface area contributed by atoms with Crippen LogP contribution in [0.15, 0.2) is 24.3 Å². The Morgan fingerprint density at radius 3 is 2.35 bits per heavy atom. The van der Waals surface area contributed by atoms with Gasteiger partial charge in [0, 0.05) is 6.54 Å². The lowest BCUT2D eigenvalue weighted by atomic mass is 10.1. The first-order chi connectivity index (χ1) is 8.11. The molecule has 1 N–H and O–H groups in total. The molecule has 0 radical (unpaired) electrons. The second-order valence-electron chi connectivity index (χ2n) is 4.31. The van der Waals surface area contributed by atoms with Gasteiger partial charge in [-0.1, -0.05) is 24.3 Å². The van der Waals surface area contributed by atoms with E-state index in [4.69, 9.17) is 4.74 Å². The predicted octanol–water partition coefficient (Wildman–Crippen LogP) is 2.29. The molecule has 3 nitrogen and oxygen atoms in total. The van der Waals surface area contributed by atoms with Crippen molar-refractivity contribution < 1.29 is 9.53 Å². The molecular weight excluding hydrogens is 214 g/mol. The molecule has 0 aliphatic rings. The predicted molar refractivity (Wildman–Crippen MR) is 68.8 cm³/mol. The maximum atomic E-state index is 11.4. The molecule has 3 heteroatoms. The number of hydrogen-bond donors (Lipinski definition) is 1. The lowest BCUT2D eigenvalue weighted by molar-refractivity contribution is -0.120. The molecule has 1 amide bonds. The second-order valence-corrected chi connectivity index (χ2v) is 4.31. The summed E-state index contributed by atoms with van der Waals surface area (Å²) in [5, 5.41) is 2.79. The van der Waals surface area contributed by atoms with E-state index >= 15 is 0 Å². The van der Waals surface area contributed by atoms with Crippen molar-refractivity contribution >= 4 is 5.91 Å². The fraction of sp³-hybridized carbons (Fsp3) is 0.500. The van der Waals surface area contributed by atoms with Crippen molar-refractivity contribution in [2.24, 2.45) is 0 Å². The number of benzene rings is 1. The first kappa shape index (κ1) is 13.7. The van der Waals surface area contributed by atoms with Gasteiger partial charge in [0.25, 0.3) is 0 Å². The number of amides is 1. The Bertz CT molecular complexity index is 344. The minimum atomic E-state index is 0.0682. The first-order valence-electron chi connectivity index (χ1n) is 6.08. The number of carbonyl (C=O) groups is 1. The van der Waals surface area contributed by atoms with Crippen LogP contribution >= 0.6 is 0 Å². The van der Waals surface area contributed by atoms with Crippen molar-refractivity contribution in [1.82, 2.24) is 5.32 Å². The van der Waals surface area contributed by atoms with Crippen molar-refractivity contribution in [3.8, 4) is 0 Å². The van der Waals surface area contributed by atoms with Crippen LogP contribution in [0.2, 0.25) is 0 Å². The van der Waals surface area contributed by atoms with E-state index in [0.717, 1.165) is 11.1 Å². The van der Waals surface area contributed by atoms with Crippen LogP contribution in [0.1, 0.15) is 31.9 Å². The van der Waals surface area contributed by atoms with E-state index in [9.17, 15) is 4.79 Å². The molecule has 1 rings (SSSR count). The third-order valence-corrected chi connectivity index (χ3v) is 2.34. The van der Waals surface area contributed by atoms with Gasteiger partial charge in [-0.25, -0.2) is 0 Å². The average Bonchev–Trinajstić information content (AvgIpc) is 2.28. The van der Waals surface area contributed by atoms with E-state index in [1.165, 1.54) is 0 Å². The lowest BCUT2D eigenvalue weighted by Crippen LogP contribution is -2.24. The minimum absolute atomic E-state index is 0.0682. The molecule has 0 aromatic heterocycles. The summed E-state index contributed by atoms with van der Waals surface area (Å²) >= 11 is 0. The SMILES string of the molecule is CCNC(=O)Cc1ccc(COC(C)C)cc1. The Morgan fingerprint density at radius 1 is 1.24 bits per heavy atom. The highest BCUT2D eigenvalue weighted by Gasteiger charge is 2.02. The Balaban J connectivity index is 2.47. The van der Waals surface area contributed by atoms with Gasteiger partial charge in [0.1, 0.15) is 0 Å². The van der Waals surface area contributed by atoms with Crippen molar-refractivity contribution in [2.75, 3.05) is 6.54 Å². The van der Waals surface area contributed by atoms with Crippen molar-refractivity contribution in [3.05, 3.63) is 35.4 Å². The highest BCUT2D eigenvalue weighted by molar-refractivity contribution is 5.78. The molecule has 94 valence electrons. The average molecular weight is 235 g/mol. The zero-order chi connectivity index (χ0) is 12.7. The number of nitrogens with one attached hydrogen (secondary N) is 1. The Hall–Kier alpha value is -1.35. The van der Waals surface area contributed by atoms with Gasteiger partial charge in [-0.2, -0.15) is 0 Å². The minimum Gasteiger partial charge on any atom is -0.374 e. The molecule has 1 aromatic carbocycles. The summed E-state index contributed by atoms with van der Waals surface area (Å²) in [5.74, 6) is 0.0682. The molecule has 0 atom stereocenters. The Morgan fingerprint density at radius 2 is 1.82 bits per heavy atom.